The van der Waals surface area contributed by atoms with E-state index in [9.17, 15) is 13.2 Å². The second-order valence-electron chi connectivity index (χ2n) is 9.66. The fourth-order valence-corrected chi connectivity index (χ4v) is 5.21. The Balaban J connectivity index is 1.61. The third kappa shape index (κ3) is 6.14. The van der Waals surface area contributed by atoms with Crippen LogP contribution in [0.2, 0.25) is 0 Å². The minimum Gasteiger partial charge on any atom is -0.489 e. The van der Waals surface area contributed by atoms with Crippen LogP contribution in [0, 0.1) is 0 Å². The number of esters is 1. The number of rotatable bonds is 9. The molecule has 2 aromatic carbocycles. The molecule has 0 unspecified atom stereocenters. The Morgan fingerprint density at radius 2 is 1.92 bits per heavy atom. The third-order valence-electron chi connectivity index (χ3n) is 5.74. The largest absolute Gasteiger partial charge is 0.489 e. The summed E-state index contributed by atoms with van der Waals surface area (Å²) in [6, 6.07) is 13.2. The molecule has 0 aliphatic heterocycles. The molecular weight excluding hydrogens is 524 g/mol. The number of furan rings is 1. The number of hydrogen-bond acceptors (Lipinski definition) is 8. The molecule has 8 nitrogen and oxygen atoms in total. The van der Waals surface area contributed by atoms with Gasteiger partial charge in [-0.3, -0.25) is 4.79 Å². The Labute approximate surface area is 226 Å². The summed E-state index contributed by atoms with van der Waals surface area (Å²) in [5.41, 5.74) is 4.06. The molecule has 10 heteroatoms. The topological polar surface area (TPSA) is 108 Å². The van der Waals surface area contributed by atoms with Crippen LogP contribution in [0.3, 0.4) is 0 Å². The Hall–Kier alpha value is -3.50. The van der Waals surface area contributed by atoms with Crippen molar-refractivity contribution in [1.29, 1.82) is 0 Å². The number of hydrogen-bond donors (Lipinski definition) is 0. The van der Waals surface area contributed by atoms with Gasteiger partial charge in [-0.05, 0) is 64.4 Å². The number of para-hydroxylation sites is 1. The number of sulfonamides is 1. The van der Waals surface area contributed by atoms with E-state index in [1.165, 1.54) is 11.3 Å². The molecular formula is C28H30N2O6S2. The molecule has 0 atom stereocenters. The van der Waals surface area contributed by atoms with E-state index in [0.717, 1.165) is 22.1 Å². The first-order valence-electron chi connectivity index (χ1n) is 12.1. The highest BCUT2D eigenvalue weighted by molar-refractivity contribution is 7.91. The Morgan fingerprint density at radius 3 is 2.66 bits per heavy atom. The van der Waals surface area contributed by atoms with E-state index in [1.54, 1.807) is 40.9 Å². The zero-order chi connectivity index (χ0) is 27.5. The van der Waals surface area contributed by atoms with Crippen LogP contribution in [-0.4, -0.2) is 36.4 Å². The van der Waals surface area contributed by atoms with Gasteiger partial charge in [-0.15, -0.1) is 11.3 Å². The van der Waals surface area contributed by atoms with E-state index < -0.39 is 14.8 Å². The number of nitrogens with zero attached hydrogens (tertiary/aromatic N) is 2. The summed E-state index contributed by atoms with van der Waals surface area (Å²) < 4.78 is 45.0. The number of ether oxygens (including phenoxy) is 2. The molecule has 200 valence electrons. The summed E-state index contributed by atoms with van der Waals surface area (Å²) in [5, 5.41) is 3.26. The molecule has 0 fully saturated rings. The SMILES string of the molecule is CCOC(=O)Cc1ccccc1OCc1cc(-c2csc(C(C)=NS(=O)(=O)C(C)(C)C)n2)c2occc2c1. The summed E-state index contributed by atoms with van der Waals surface area (Å²) in [4.78, 5) is 16.7. The highest BCUT2D eigenvalue weighted by atomic mass is 32.2. The zero-order valence-electron chi connectivity index (χ0n) is 22.0. The Bertz CT molecular complexity index is 1590. The molecule has 0 amide bonds. The number of fused-ring (bicyclic) bond motifs is 1. The molecule has 0 N–H and O–H groups in total. The average Bonchev–Trinajstić information content (AvgIpc) is 3.52. The lowest BCUT2D eigenvalue weighted by Crippen LogP contribution is -2.26. The van der Waals surface area contributed by atoms with Crippen LogP contribution >= 0.6 is 11.3 Å². The van der Waals surface area contributed by atoms with Crippen LogP contribution in [0.25, 0.3) is 22.2 Å². The van der Waals surface area contributed by atoms with Crippen LogP contribution in [0.4, 0.5) is 0 Å². The lowest BCUT2D eigenvalue weighted by Gasteiger charge is -2.15. The summed E-state index contributed by atoms with van der Waals surface area (Å²) in [7, 11) is -3.69. The van der Waals surface area contributed by atoms with E-state index in [2.05, 4.69) is 9.38 Å². The lowest BCUT2D eigenvalue weighted by molar-refractivity contribution is -0.142. The molecule has 0 saturated carbocycles. The second kappa shape index (κ2) is 11.1. The van der Waals surface area contributed by atoms with Gasteiger partial charge in [0.15, 0.2) is 0 Å². The second-order valence-corrected chi connectivity index (χ2v) is 12.9. The standard InChI is InChI=1S/C28H30N2O6S2/c1-6-34-25(31)15-20-9-7-8-10-24(20)36-16-19-13-21-11-12-35-26(21)22(14-19)23-17-37-27(29-23)18(2)30-38(32,33)28(3,4)5/h7-14,17H,6,15-16H2,1-5H3. The van der Waals surface area contributed by atoms with Gasteiger partial charge in [0.25, 0.3) is 10.0 Å². The fourth-order valence-electron chi connectivity index (χ4n) is 3.66. The number of benzene rings is 2. The van der Waals surface area contributed by atoms with Gasteiger partial charge in [0.05, 0.1) is 35.4 Å². The van der Waals surface area contributed by atoms with Crippen molar-refractivity contribution in [2.75, 3.05) is 6.61 Å². The van der Waals surface area contributed by atoms with Crippen molar-refractivity contribution in [1.82, 2.24) is 4.98 Å². The molecule has 2 heterocycles. The Kier molecular flexibility index (Phi) is 8.03. The van der Waals surface area contributed by atoms with E-state index in [-0.39, 0.29) is 19.0 Å². The van der Waals surface area contributed by atoms with Gasteiger partial charge >= 0.3 is 5.97 Å². The predicted molar refractivity (Wildman–Crippen MR) is 149 cm³/mol. The van der Waals surface area contributed by atoms with Crippen LogP contribution in [-0.2, 0) is 32.6 Å². The number of carbonyl (C=O) groups is 1. The molecule has 4 rings (SSSR count). The number of carbonyl (C=O) groups excluding carboxylic acids is 1. The highest BCUT2D eigenvalue weighted by Crippen LogP contribution is 2.33. The van der Waals surface area contributed by atoms with E-state index >= 15 is 0 Å². The van der Waals surface area contributed by atoms with Gasteiger partial charge in [0.1, 0.15) is 22.9 Å². The predicted octanol–water partition coefficient (Wildman–Crippen LogP) is 6.18. The minimum atomic E-state index is -3.69. The van der Waals surface area contributed by atoms with Gasteiger partial charge in [0.2, 0.25) is 0 Å². The maximum absolute atomic E-state index is 12.5. The molecule has 0 aliphatic rings. The fraction of sp³-hybridized carbons (Fsp3) is 0.321. The van der Waals surface area contributed by atoms with Crippen molar-refractivity contribution in [3.05, 3.63) is 70.2 Å². The van der Waals surface area contributed by atoms with Crippen molar-refractivity contribution in [2.45, 2.75) is 52.4 Å². The smallest absolute Gasteiger partial charge is 0.310 e. The van der Waals surface area contributed by atoms with Gasteiger partial charge in [-0.1, -0.05) is 18.2 Å². The van der Waals surface area contributed by atoms with E-state index in [1.807, 2.05) is 47.8 Å². The normalized spacial score (nSPS) is 12.6. The van der Waals surface area contributed by atoms with Gasteiger partial charge in [-0.25, -0.2) is 13.4 Å². The molecule has 0 spiro atoms. The van der Waals surface area contributed by atoms with Gasteiger partial charge in [-0.2, -0.15) is 4.40 Å². The first-order valence-corrected chi connectivity index (χ1v) is 14.4. The van der Waals surface area contributed by atoms with Crippen molar-refractivity contribution < 1.29 is 27.1 Å². The van der Waals surface area contributed by atoms with Crippen molar-refractivity contribution in [2.24, 2.45) is 4.40 Å². The molecule has 0 saturated heterocycles. The summed E-state index contributed by atoms with van der Waals surface area (Å²) >= 11 is 1.32. The van der Waals surface area contributed by atoms with E-state index in [4.69, 9.17) is 13.9 Å². The molecule has 38 heavy (non-hydrogen) atoms. The summed E-state index contributed by atoms with van der Waals surface area (Å²) in [5.74, 6) is 0.302. The lowest BCUT2D eigenvalue weighted by atomic mass is 10.1. The zero-order valence-corrected chi connectivity index (χ0v) is 23.6. The maximum atomic E-state index is 12.5. The monoisotopic (exact) mass is 554 g/mol. The highest BCUT2D eigenvalue weighted by Gasteiger charge is 2.29. The minimum absolute atomic E-state index is 0.128. The molecule has 0 aliphatic carbocycles. The number of aromatic nitrogens is 1. The third-order valence-corrected chi connectivity index (χ3v) is 8.75. The van der Waals surface area contributed by atoms with Crippen LogP contribution in [0.15, 0.2) is 62.9 Å². The van der Waals surface area contributed by atoms with Gasteiger partial charge < -0.3 is 13.9 Å². The first-order chi connectivity index (χ1) is 18.0. The first kappa shape index (κ1) is 27.5. The van der Waals surface area contributed by atoms with Crippen molar-refractivity contribution in [3.8, 4) is 17.0 Å². The summed E-state index contributed by atoms with van der Waals surface area (Å²) in [6.07, 6.45) is 1.74. The molecule has 0 radical (unpaired) electrons. The Morgan fingerprint density at radius 1 is 1.16 bits per heavy atom. The van der Waals surface area contributed by atoms with Crippen LogP contribution < -0.4 is 4.74 Å². The molecule has 0 bridgehead atoms. The number of thiazole rings is 1. The maximum Gasteiger partial charge on any atom is 0.310 e. The average molecular weight is 555 g/mol. The quantitative estimate of drug-likeness (QED) is 0.180. The van der Waals surface area contributed by atoms with E-state index in [0.29, 0.717) is 34.4 Å². The van der Waals surface area contributed by atoms with Crippen molar-refractivity contribution >= 4 is 44.0 Å². The van der Waals surface area contributed by atoms with Gasteiger partial charge in [0, 0.05) is 21.9 Å². The molecule has 2 aromatic heterocycles. The van der Waals surface area contributed by atoms with Crippen LogP contribution in [0.5, 0.6) is 5.75 Å². The molecule has 4 aromatic rings. The van der Waals surface area contributed by atoms with Crippen LogP contribution in [0.1, 0.15) is 50.8 Å². The summed E-state index contributed by atoms with van der Waals surface area (Å²) in [6.45, 7) is 8.85. The van der Waals surface area contributed by atoms with Crippen molar-refractivity contribution in [3.63, 3.8) is 0 Å².